The zero-order valence-electron chi connectivity index (χ0n) is 11.9. The molecule has 0 aromatic heterocycles. The molecule has 0 atom stereocenters. The molecule has 1 N–H and O–H groups in total. The largest absolute Gasteiger partial charge is 0.489 e. The standard InChI is InChI=1S/C15H24N2O2/c1-16(2)13-6-7-14-15(12-13)19-11-9-17(14)8-4-3-5-10-18/h6-7,12,18H,3-5,8-11H2,1-2H3. The molecule has 4 nitrogen and oxygen atoms in total. The Balaban J connectivity index is 2.02. The van der Waals surface area contributed by atoms with E-state index in [0.29, 0.717) is 6.61 Å². The first kappa shape index (κ1) is 14.0. The number of ether oxygens (including phenoxy) is 1. The van der Waals surface area contributed by atoms with Gasteiger partial charge in [-0.05, 0) is 31.4 Å². The first-order valence-corrected chi connectivity index (χ1v) is 7.02. The first-order valence-electron chi connectivity index (χ1n) is 7.02. The van der Waals surface area contributed by atoms with Crippen molar-refractivity contribution in [2.75, 3.05) is 50.2 Å². The topological polar surface area (TPSA) is 35.9 Å². The Kier molecular flexibility index (Phi) is 4.91. The lowest BCUT2D eigenvalue weighted by atomic mass is 10.1. The van der Waals surface area contributed by atoms with Gasteiger partial charge in [-0.15, -0.1) is 0 Å². The van der Waals surface area contributed by atoms with Crippen molar-refractivity contribution in [3.63, 3.8) is 0 Å². The zero-order chi connectivity index (χ0) is 13.7. The van der Waals surface area contributed by atoms with Crippen LogP contribution in [0.5, 0.6) is 5.75 Å². The van der Waals surface area contributed by atoms with E-state index in [1.165, 1.54) is 11.4 Å². The predicted octanol–water partition coefficient (Wildman–Crippen LogP) is 2.11. The monoisotopic (exact) mass is 264 g/mol. The molecule has 1 aromatic carbocycles. The molecule has 0 saturated carbocycles. The fourth-order valence-corrected chi connectivity index (χ4v) is 2.37. The average molecular weight is 264 g/mol. The summed E-state index contributed by atoms with van der Waals surface area (Å²) in [5, 5.41) is 8.81. The number of rotatable bonds is 6. The molecule has 1 aromatic rings. The summed E-state index contributed by atoms with van der Waals surface area (Å²) in [7, 11) is 4.08. The Morgan fingerprint density at radius 3 is 2.84 bits per heavy atom. The van der Waals surface area contributed by atoms with Crippen LogP contribution < -0.4 is 14.5 Å². The molecule has 1 aliphatic rings. The lowest BCUT2D eigenvalue weighted by molar-refractivity contribution is 0.281. The van der Waals surface area contributed by atoms with E-state index in [-0.39, 0.29) is 0 Å². The van der Waals surface area contributed by atoms with Crippen molar-refractivity contribution in [3.8, 4) is 5.75 Å². The van der Waals surface area contributed by atoms with Gasteiger partial charge in [0.1, 0.15) is 12.4 Å². The minimum absolute atomic E-state index is 0.298. The van der Waals surface area contributed by atoms with Crippen molar-refractivity contribution in [1.82, 2.24) is 0 Å². The smallest absolute Gasteiger partial charge is 0.144 e. The summed E-state index contributed by atoms with van der Waals surface area (Å²) in [4.78, 5) is 4.47. The average Bonchev–Trinajstić information content (AvgIpc) is 2.43. The van der Waals surface area contributed by atoms with Crippen LogP contribution in [0.3, 0.4) is 0 Å². The highest BCUT2D eigenvalue weighted by atomic mass is 16.5. The van der Waals surface area contributed by atoms with E-state index < -0.39 is 0 Å². The highest BCUT2D eigenvalue weighted by Crippen LogP contribution is 2.34. The summed E-state index contributed by atoms with van der Waals surface area (Å²) >= 11 is 0. The lowest BCUT2D eigenvalue weighted by Crippen LogP contribution is -2.33. The van der Waals surface area contributed by atoms with E-state index in [2.05, 4.69) is 28.0 Å². The van der Waals surface area contributed by atoms with Gasteiger partial charge in [-0.1, -0.05) is 0 Å². The maximum absolute atomic E-state index is 8.81. The van der Waals surface area contributed by atoms with Crippen LogP contribution in [-0.4, -0.2) is 45.5 Å². The third-order valence-corrected chi connectivity index (χ3v) is 3.51. The number of anilines is 2. The lowest BCUT2D eigenvalue weighted by Gasteiger charge is -2.32. The number of fused-ring (bicyclic) bond motifs is 1. The Hall–Kier alpha value is -1.42. The van der Waals surface area contributed by atoms with Gasteiger partial charge in [-0.3, -0.25) is 0 Å². The van der Waals surface area contributed by atoms with Crippen LogP contribution in [0, 0.1) is 0 Å². The Morgan fingerprint density at radius 2 is 2.11 bits per heavy atom. The van der Waals surface area contributed by atoms with E-state index >= 15 is 0 Å². The van der Waals surface area contributed by atoms with Crippen molar-refractivity contribution in [2.24, 2.45) is 0 Å². The van der Waals surface area contributed by atoms with Crippen LogP contribution in [0.25, 0.3) is 0 Å². The molecule has 106 valence electrons. The number of benzene rings is 1. The van der Waals surface area contributed by atoms with Crippen LogP contribution in [-0.2, 0) is 0 Å². The molecule has 0 saturated heterocycles. The van der Waals surface area contributed by atoms with Crippen LogP contribution in [0.2, 0.25) is 0 Å². The highest BCUT2D eigenvalue weighted by molar-refractivity contribution is 5.66. The van der Waals surface area contributed by atoms with Crippen LogP contribution >= 0.6 is 0 Å². The molecule has 0 fully saturated rings. The van der Waals surface area contributed by atoms with Gasteiger partial charge in [-0.2, -0.15) is 0 Å². The van der Waals surface area contributed by atoms with E-state index in [4.69, 9.17) is 9.84 Å². The molecular formula is C15H24N2O2. The fourth-order valence-electron chi connectivity index (χ4n) is 2.37. The summed E-state index contributed by atoms with van der Waals surface area (Å²) in [5.74, 6) is 0.986. The molecule has 2 rings (SSSR count). The van der Waals surface area contributed by atoms with Gasteiger partial charge in [-0.25, -0.2) is 0 Å². The summed E-state index contributed by atoms with van der Waals surface area (Å²) in [6.45, 7) is 3.04. The molecule has 0 bridgehead atoms. The Morgan fingerprint density at radius 1 is 1.26 bits per heavy atom. The maximum Gasteiger partial charge on any atom is 0.144 e. The molecule has 1 aliphatic heterocycles. The zero-order valence-corrected chi connectivity index (χ0v) is 11.9. The molecule has 0 spiro atoms. The molecule has 0 aliphatic carbocycles. The van der Waals surface area contributed by atoms with Crippen LogP contribution in [0.4, 0.5) is 11.4 Å². The highest BCUT2D eigenvalue weighted by Gasteiger charge is 2.18. The van der Waals surface area contributed by atoms with E-state index in [9.17, 15) is 0 Å². The van der Waals surface area contributed by atoms with E-state index in [1.807, 2.05) is 14.1 Å². The molecular weight excluding hydrogens is 240 g/mol. The third kappa shape index (κ3) is 3.53. The quantitative estimate of drug-likeness (QED) is 0.798. The number of hydrogen-bond acceptors (Lipinski definition) is 4. The number of hydrogen-bond donors (Lipinski definition) is 1. The van der Waals surface area contributed by atoms with Crippen LogP contribution in [0.15, 0.2) is 18.2 Å². The Bertz CT molecular complexity index is 407. The van der Waals surface area contributed by atoms with Gasteiger partial charge >= 0.3 is 0 Å². The van der Waals surface area contributed by atoms with Crippen molar-refractivity contribution >= 4 is 11.4 Å². The molecule has 19 heavy (non-hydrogen) atoms. The van der Waals surface area contributed by atoms with Gasteiger partial charge in [0.15, 0.2) is 0 Å². The van der Waals surface area contributed by atoms with Crippen molar-refractivity contribution in [2.45, 2.75) is 19.3 Å². The summed E-state index contributed by atoms with van der Waals surface area (Å²) in [6.07, 6.45) is 3.10. The van der Waals surface area contributed by atoms with Crippen molar-refractivity contribution in [3.05, 3.63) is 18.2 Å². The van der Waals surface area contributed by atoms with Crippen molar-refractivity contribution < 1.29 is 9.84 Å². The molecule has 1 heterocycles. The maximum atomic E-state index is 8.81. The number of unbranched alkanes of at least 4 members (excludes halogenated alkanes) is 2. The van der Waals surface area contributed by atoms with Gasteiger partial charge in [0.25, 0.3) is 0 Å². The first-order chi connectivity index (χ1) is 9.22. The van der Waals surface area contributed by atoms with Gasteiger partial charge < -0.3 is 19.6 Å². The minimum atomic E-state index is 0.298. The summed E-state index contributed by atoms with van der Waals surface area (Å²) in [5.41, 5.74) is 2.36. The molecule has 4 heteroatoms. The number of aliphatic hydroxyl groups excluding tert-OH is 1. The van der Waals surface area contributed by atoms with E-state index in [0.717, 1.165) is 44.7 Å². The van der Waals surface area contributed by atoms with Gasteiger partial charge in [0, 0.05) is 39.0 Å². The van der Waals surface area contributed by atoms with Crippen LogP contribution in [0.1, 0.15) is 19.3 Å². The summed E-state index contributed by atoms with van der Waals surface area (Å²) in [6, 6.07) is 6.39. The second kappa shape index (κ2) is 6.66. The SMILES string of the molecule is CN(C)c1ccc2c(c1)OCCN2CCCCCO. The summed E-state index contributed by atoms with van der Waals surface area (Å²) < 4.78 is 5.76. The normalized spacial score (nSPS) is 13.9. The third-order valence-electron chi connectivity index (χ3n) is 3.51. The molecule has 0 amide bonds. The second-order valence-corrected chi connectivity index (χ2v) is 5.17. The van der Waals surface area contributed by atoms with Gasteiger partial charge in [0.05, 0.1) is 12.2 Å². The minimum Gasteiger partial charge on any atom is -0.489 e. The Labute approximate surface area is 115 Å². The van der Waals surface area contributed by atoms with E-state index in [1.54, 1.807) is 0 Å². The molecule has 0 radical (unpaired) electrons. The second-order valence-electron chi connectivity index (χ2n) is 5.17. The molecule has 0 unspecified atom stereocenters. The van der Waals surface area contributed by atoms with Crippen molar-refractivity contribution in [1.29, 1.82) is 0 Å². The number of aliphatic hydroxyl groups is 1. The fraction of sp³-hybridized carbons (Fsp3) is 0.600. The predicted molar refractivity (Wildman–Crippen MR) is 79.4 cm³/mol. The number of nitrogens with zero attached hydrogens (tertiary/aromatic N) is 2. The van der Waals surface area contributed by atoms with Gasteiger partial charge in [0.2, 0.25) is 0 Å².